The first-order chi connectivity index (χ1) is 25.3. The van der Waals surface area contributed by atoms with Crippen molar-refractivity contribution in [2.45, 2.75) is 64.6 Å². The van der Waals surface area contributed by atoms with E-state index in [0.29, 0.717) is 51.2 Å². The fourth-order valence-corrected chi connectivity index (χ4v) is 8.16. The van der Waals surface area contributed by atoms with E-state index in [9.17, 15) is 9.59 Å². The number of hydrogen-bond acceptors (Lipinski definition) is 8. The van der Waals surface area contributed by atoms with Gasteiger partial charge in [0.25, 0.3) is 0 Å². The fourth-order valence-electron chi connectivity index (χ4n) is 8.16. The molecule has 11 nitrogen and oxygen atoms in total. The summed E-state index contributed by atoms with van der Waals surface area (Å²) in [6.45, 7) is 8.28. The summed E-state index contributed by atoms with van der Waals surface area (Å²) in [5.41, 5.74) is 7.96. The van der Waals surface area contributed by atoms with E-state index >= 15 is 0 Å². The number of carbonyl (C=O) groups excluding carboxylic acids is 2. The van der Waals surface area contributed by atoms with Gasteiger partial charge in [-0.2, -0.15) is 5.10 Å². The van der Waals surface area contributed by atoms with Crippen LogP contribution in [0, 0.1) is 5.41 Å². The van der Waals surface area contributed by atoms with Crippen LogP contribution in [0.2, 0.25) is 0 Å². The van der Waals surface area contributed by atoms with Gasteiger partial charge in [-0.3, -0.25) is 19.5 Å². The van der Waals surface area contributed by atoms with Gasteiger partial charge in [-0.25, -0.2) is 14.6 Å². The molecule has 1 saturated carbocycles. The molecular formula is C41H44N8O3. The zero-order valence-corrected chi connectivity index (χ0v) is 29.9. The van der Waals surface area contributed by atoms with Gasteiger partial charge in [0, 0.05) is 60.8 Å². The summed E-state index contributed by atoms with van der Waals surface area (Å²) in [5.74, 6) is 1.66. The lowest BCUT2D eigenvalue weighted by Gasteiger charge is -2.29. The number of hydrogen-bond donors (Lipinski definition) is 0. The molecule has 9 rings (SSSR count). The highest BCUT2D eigenvalue weighted by Gasteiger charge is 2.51. The van der Waals surface area contributed by atoms with Crippen LogP contribution in [0.1, 0.15) is 74.2 Å². The molecule has 1 aliphatic carbocycles. The summed E-state index contributed by atoms with van der Waals surface area (Å²) in [7, 11) is 0. The Morgan fingerprint density at radius 3 is 2.52 bits per heavy atom. The molecule has 266 valence electrons. The smallest absolute Gasteiger partial charge is 0.237 e. The molecule has 0 bridgehead atoms. The second kappa shape index (κ2) is 13.1. The summed E-state index contributed by atoms with van der Waals surface area (Å²) in [6, 6.07) is 19.1. The molecule has 0 radical (unpaired) electrons. The topological polar surface area (TPSA) is 109 Å². The van der Waals surface area contributed by atoms with E-state index in [1.165, 1.54) is 24.0 Å². The first-order valence-corrected chi connectivity index (χ1v) is 18.7. The molecule has 2 amide bonds. The van der Waals surface area contributed by atoms with Crippen molar-refractivity contribution < 1.29 is 14.3 Å². The minimum Gasteiger partial charge on any atom is -0.475 e. The summed E-state index contributed by atoms with van der Waals surface area (Å²) in [6.07, 6.45) is 10.6. The SMILES string of the molecule is CC(C)Oc1ccc(C2=NCc3ccc(N4CC[C@]5(CCN(CC(=O)N6CC=C(c7ccc(-c8ncn(C9CC9)n8)cc7)CC6)C5)C4=O)cc32)cn1. The zero-order chi connectivity index (χ0) is 35.4. The van der Waals surface area contributed by atoms with Crippen LogP contribution >= 0.6 is 0 Å². The lowest BCUT2D eigenvalue weighted by Crippen LogP contribution is -2.43. The molecular weight excluding hydrogens is 653 g/mol. The van der Waals surface area contributed by atoms with Crippen LogP contribution in [-0.2, 0) is 16.1 Å². The fraction of sp³-hybridized carbons (Fsp3) is 0.415. The Kier molecular flexibility index (Phi) is 8.25. The van der Waals surface area contributed by atoms with Crippen LogP contribution in [0.5, 0.6) is 5.88 Å². The lowest BCUT2D eigenvalue weighted by atomic mass is 9.85. The van der Waals surface area contributed by atoms with E-state index in [-0.39, 0.29) is 17.9 Å². The molecule has 2 aromatic heterocycles. The van der Waals surface area contributed by atoms with Crippen LogP contribution in [-0.4, -0.2) is 92.4 Å². The normalized spacial score (nSPS) is 21.6. The molecule has 4 aromatic rings. The van der Waals surface area contributed by atoms with Gasteiger partial charge in [0.2, 0.25) is 17.7 Å². The highest BCUT2D eigenvalue weighted by Crippen LogP contribution is 2.43. The Morgan fingerprint density at radius 1 is 0.962 bits per heavy atom. The van der Waals surface area contributed by atoms with E-state index in [2.05, 4.69) is 68.5 Å². The average molecular weight is 697 g/mol. The van der Waals surface area contributed by atoms with Gasteiger partial charge >= 0.3 is 0 Å². The number of benzene rings is 2. The number of likely N-dealkylation sites (tertiary alicyclic amines) is 1. The van der Waals surface area contributed by atoms with E-state index < -0.39 is 5.41 Å². The summed E-state index contributed by atoms with van der Waals surface area (Å²) in [5, 5.41) is 4.64. The number of pyridine rings is 1. The largest absolute Gasteiger partial charge is 0.475 e. The maximum Gasteiger partial charge on any atom is 0.237 e. The van der Waals surface area contributed by atoms with Crippen LogP contribution in [0.4, 0.5) is 5.69 Å². The lowest BCUT2D eigenvalue weighted by molar-refractivity contribution is -0.132. The van der Waals surface area contributed by atoms with Crippen LogP contribution in [0.3, 0.4) is 0 Å². The molecule has 6 heterocycles. The molecule has 1 atom stereocenters. The highest BCUT2D eigenvalue weighted by molar-refractivity contribution is 6.16. The average Bonchev–Trinajstić information content (AvgIpc) is 3.45. The Labute approximate surface area is 304 Å². The number of amides is 2. The van der Waals surface area contributed by atoms with Crippen LogP contribution < -0.4 is 9.64 Å². The first kappa shape index (κ1) is 32.7. The van der Waals surface area contributed by atoms with E-state index in [1.807, 2.05) is 53.0 Å². The number of aliphatic imine (C=N–C) groups is 1. The van der Waals surface area contributed by atoms with Crippen molar-refractivity contribution in [3.8, 4) is 17.3 Å². The van der Waals surface area contributed by atoms with E-state index in [1.54, 1.807) is 0 Å². The van der Waals surface area contributed by atoms with Gasteiger partial charge in [0.05, 0.1) is 36.4 Å². The third-order valence-electron chi connectivity index (χ3n) is 11.2. The van der Waals surface area contributed by atoms with Crippen molar-refractivity contribution >= 4 is 28.8 Å². The first-order valence-electron chi connectivity index (χ1n) is 18.7. The molecule has 5 aliphatic rings. The third-order valence-corrected chi connectivity index (χ3v) is 11.2. The summed E-state index contributed by atoms with van der Waals surface area (Å²) in [4.78, 5) is 47.4. The number of fused-ring (bicyclic) bond motifs is 1. The number of carbonyl (C=O) groups is 2. The molecule has 0 N–H and O–H groups in total. The number of ether oxygens (including phenoxy) is 1. The van der Waals surface area contributed by atoms with Crippen molar-refractivity contribution in [1.29, 1.82) is 0 Å². The summed E-state index contributed by atoms with van der Waals surface area (Å²) >= 11 is 0. The van der Waals surface area contributed by atoms with Crippen molar-refractivity contribution in [2.75, 3.05) is 44.2 Å². The predicted molar refractivity (Wildman–Crippen MR) is 199 cm³/mol. The Bertz CT molecular complexity index is 2080. The molecule has 4 aliphatic heterocycles. The van der Waals surface area contributed by atoms with Crippen molar-refractivity contribution in [1.82, 2.24) is 29.5 Å². The van der Waals surface area contributed by atoms with Crippen molar-refractivity contribution in [3.05, 3.63) is 95.5 Å². The number of aromatic nitrogens is 4. The molecule has 0 unspecified atom stereocenters. The molecule has 2 aromatic carbocycles. The van der Waals surface area contributed by atoms with Gasteiger partial charge in [-0.15, -0.1) is 0 Å². The van der Waals surface area contributed by atoms with Crippen LogP contribution in [0.25, 0.3) is 17.0 Å². The number of rotatable bonds is 9. The quantitative estimate of drug-likeness (QED) is 0.226. The molecule has 1 spiro atoms. The Morgan fingerprint density at radius 2 is 1.77 bits per heavy atom. The van der Waals surface area contributed by atoms with Gasteiger partial charge in [0.1, 0.15) is 6.33 Å². The van der Waals surface area contributed by atoms with Crippen molar-refractivity contribution in [3.63, 3.8) is 0 Å². The highest BCUT2D eigenvalue weighted by atomic mass is 16.5. The maximum absolute atomic E-state index is 14.1. The zero-order valence-electron chi connectivity index (χ0n) is 29.9. The predicted octanol–water partition coefficient (Wildman–Crippen LogP) is 5.56. The van der Waals surface area contributed by atoms with E-state index in [4.69, 9.17) is 9.73 Å². The van der Waals surface area contributed by atoms with Crippen LogP contribution in [0.15, 0.2) is 78.2 Å². The second-order valence-electron chi connectivity index (χ2n) is 15.2. The molecule has 11 heteroatoms. The monoisotopic (exact) mass is 696 g/mol. The van der Waals surface area contributed by atoms with Gasteiger partial charge in [-0.05, 0) is 87.4 Å². The number of nitrogens with zero attached hydrogens (tertiary/aromatic N) is 8. The van der Waals surface area contributed by atoms with Gasteiger partial charge < -0.3 is 14.5 Å². The molecule has 3 fully saturated rings. The van der Waals surface area contributed by atoms with E-state index in [0.717, 1.165) is 65.3 Å². The number of anilines is 1. The van der Waals surface area contributed by atoms with Gasteiger partial charge in [0.15, 0.2) is 5.82 Å². The minimum absolute atomic E-state index is 0.0582. The summed E-state index contributed by atoms with van der Waals surface area (Å²) < 4.78 is 7.70. The van der Waals surface area contributed by atoms with Crippen molar-refractivity contribution in [2.24, 2.45) is 10.4 Å². The van der Waals surface area contributed by atoms with Gasteiger partial charge in [-0.1, -0.05) is 36.4 Å². The molecule has 52 heavy (non-hydrogen) atoms. The Hall–Kier alpha value is -5.16. The third kappa shape index (κ3) is 6.21. The maximum atomic E-state index is 14.1. The standard InChI is InChI=1S/C41H44N8O3/c1-27(2)52-36-12-8-32(23-42-36)38-35-21-34(9-7-31(35)22-43-38)48-20-16-41(40(48)51)15-19-46(25-41)24-37(50)47-17-13-29(14-18-47)28-3-5-30(6-4-28)39-44-26-49(45-39)33-10-11-33/h3-9,12-13,21,23,26-27,33H,10-11,14-20,22,24-25H2,1-2H3/t41-/m0/s1. The Balaban J connectivity index is 0.802. The molecule has 2 saturated heterocycles. The second-order valence-corrected chi connectivity index (χ2v) is 15.2. The minimum atomic E-state index is -0.445.